The maximum absolute atomic E-state index is 13.3. The minimum atomic E-state index is -3.66. The molecule has 0 saturated carbocycles. The van der Waals surface area contributed by atoms with Gasteiger partial charge >= 0.3 is 5.97 Å². The molecule has 0 aliphatic heterocycles. The molecule has 1 aromatic rings. The summed E-state index contributed by atoms with van der Waals surface area (Å²) >= 11 is 0. The molecule has 0 aliphatic rings. The number of likely N-dealkylation sites (N-methyl/N-ethyl adjacent to an activating group) is 1. The van der Waals surface area contributed by atoms with Crippen LogP contribution in [-0.4, -0.2) is 49.6 Å². The largest absolute Gasteiger partial charge is 0.480 e. The molecule has 0 aromatic heterocycles. The van der Waals surface area contributed by atoms with Crippen molar-refractivity contribution in [3.05, 3.63) is 29.6 Å². The molecule has 0 unspecified atom stereocenters. The monoisotopic (exact) mass is 318 g/mol. The number of halogens is 1. The van der Waals surface area contributed by atoms with Crippen LogP contribution in [0.2, 0.25) is 0 Å². The molecule has 0 fully saturated rings. The first kappa shape index (κ1) is 16.9. The van der Waals surface area contributed by atoms with Gasteiger partial charge in [-0.2, -0.15) is 0 Å². The van der Waals surface area contributed by atoms with Crippen LogP contribution in [-0.2, 0) is 14.8 Å². The normalized spacial score (nSPS) is 11.0. The zero-order chi connectivity index (χ0) is 16.2. The molecule has 21 heavy (non-hydrogen) atoms. The Hall–Kier alpha value is -2.16. The highest BCUT2D eigenvalue weighted by Gasteiger charge is 2.21. The number of hydrogen-bond donors (Lipinski definition) is 2. The smallest absolute Gasteiger partial charge is 0.323 e. The number of nitrogens with one attached hydrogen (secondary N) is 1. The van der Waals surface area contributed by atoms with Crippen LogP contribution < -0.4 is 4.72 Å². The molecule has 0 bridgehead atoms. The van der Waals surface area contributed by atoms with Crippen LogP contribution in [0.5, 0.6) is 0 Å². The van der Waals surface area contributed by atoms with E-state index in [0.29, 0.717) is 0 Å². The second-order valence-electron chi connectivity index (χ2n) is 4.28. The van der Waals surface area contributed by atoms with Crippen molar-refractivity contribution in [2.24, 2.45) is 0 Å². The third kappa shape index (κ3) is 5.03. The van der Waals surface area contributed by atoms with Gasteiger partial charge in [-0.1, -0.05) is 0 Å². The predicted molar refractivity (Wildman–Crippen MR) is 74.1 cm³/mol. The zero-order valence-corrected chi connectivity index (χ0v) is 12.3. The van der Waals surface area contributed by atoms with Gasteiger partial charge in [0.25, 0.3) is 5.91 Å². The standard InChI is InChI=1S/C12H15FN2O5S/c1-3-15(7-11(16)17)12(18)9-6-8(13)4-5-10(9)14-21(2,19)20/h4-6,14H,3,7H2,1-2H3,(H,16,17). The molecule has 0 saturated heterocycles. The Kier molecular flexibility index (Phi) is 5.25. The van der Waals surface area contributed by atoms with Gasteiger partial charge in [0.2, 0.25) is 10.0 Å². The SMILES string of the molecule is CCN(CC(=O)O)C(=O)c1cc(F)ccc1NS(C)(=O)=O. The van der Waals surface area contributed by atoms with E-state index in [1.807, 2.05) is 0 Å². The van der Waals surface area contributed by atoms with Gasteiger partial charge in [0.1, 0.15) is 12.4 Å². The van der Waals surface area contributed by atoms with E-state index >= 15 is 0 Å². The molecule has 1 aromatic carbocycles. The van der Waals surface area contributed by atoms with E-state index in [1.165, 1.54) is 0 Å². The number of aliphatic carboxylic acids is 1. The van der Waals surface area contributed by atoms with Crippen LogP contribution in [0.25, 0.3) is 0 Å². The molecule has 1 amide bonds. The van der Waals surface area contributed by atoms with E-state index in [4.69, 9.17) is 5.11 Å². The number of carbonyl (C=O) groups is 2. The molecule has 2 N–H and O–H groups in total. The van der Waals surface area contributed by atoms with Gasteiger partial charge in [-0.3, -0.25) is 14.3 Å². The molecule has 1 rings (SSSR count). The summed E-state index contributed by atoms with van der Waals surface area (Å²) in [7, 11) is -3.66. The Morgan fingerprint density at radius 3 is 2.48 bits per heavy atom. The lowest BCUT2D eigenvalue weighted by molar-refractivity contribution is -0.137. The van der Waals surface area contributed by atoms with E-state index in [0.717, 1.165) is 29.4 Å². The van der Waals surface area contributed by atoms with Crippen LogP contribution in [0.4, 0.5) is 10.1 Å². The third-order valence-electron chi connectivity index (χ3n) is 2.50. The van der Waals surface area contributed by atoms with E-state index in [2.05, 4.69) is 4.72 Å². The molecule has 0 radical (unpaired) electrons. The summed E-state index contributed by atoms with van der Waals surface area (Å²) in [5, 5.41) is 8.74. The summed E-state index contributed by atoms with van der Waals surface area (Å²) < 4.78 is 37.9. The number of carbonyl (C=O) groups excluding carboxylic acids is 1. The van der Waals surface area contributed by atoms with Gasteiger partial charge in [0, 0.05) is 6.54 Å². The zero-order valence-electron chi connectivity index (χ0n) is 11.5. The van der Waals surface area contributed by atoms with Crippen LogP contribution in [0.1, 0.15) is 17.3 Å². The van der Waals surface area contributed by atoms with Gasteiger partial charge in [0.15, 0.2) is 0 Å². The summed E-state index contributed by atoms with van der Waals surface area (Å²) in [6, 6.07) is 2.97. The minimum absolute atomic E-state index is 0.0833. The highest BCUT2D eigenvalue weighted by atomic mass is 32.2. The van der Waals surface area contributed by atoms with Crippen molar-refractivity contribution in [3.8, 4) is 0 Å². The summed E-state index contributed by atoms with van der Waals surface area (Å²) in [4.78, 5) is 23.9. The molecule has 0 aliphatic carbocycles. The van der Waals surface area contributed by atoms with Gasteiger partial charge < -0.3 is 10.0 Å². The van der Waals surface area contributed by atoms with Gasteiger partial charge in [-0.05, 0) is 25.1 Å². The number of carboxylic acid groups (broad SMARTS) is 1. The van der Waals surface area contributed by atoms with Crippen LogP contribution in [0, 0.1) is 5.82 Å². The van der Waals surface area contributed by atoms with E-state index < -0.39 is 34.3 Å². The fourth-order valence-corrected chi connectivity index (χ4v) is 2.22. The summed E-state index contributed by atoms with van der Waals surface area (Å²) in [6.07, 6.45) is 0.888. The molecule has 9 heteroatoms. The Labute approximate surface area is 121 Å². The van der Waals surface area contributed by atoms with Crippen molar-refractivity contribution < 1.29 is 27.5 Å². The van der Waals surface area contributed by atoms with Crippen molar-refractivity contribution in [3.63, 3.8) is 0 Å². The van der Waals surface area contributed by atoms with Crippen molar-refractivity contribution in [1.29, 1.82) is 0 Å². The predicted octanol–water partition coefficient (Wildman–Crippen LogP) is 0.744. The summed E-state index contributed by atoms with van der Waals surface area (Å²) in [5.41, 5.74) is -0.351. The molecule has 7 nitrogen and oxygen atoms in total. The number of benzene rings is 1. The number of hydrogen-bond acceptors (Lipinski definition) is 4. The van der Waals surface area contributed by atoms with Gasteiger partial charge in [-0.25, -0.2) is 12.8 Å². The average Bonchev–Trinajstić information content (AvgIpc) is 2.35. The first-order chi connectivity index (χ1) is 9.64. The first-order valence-electron chi connectivity index (χ1n) is 5.92. The van der Waals surface area contributed by atoms with Gasteiger partial charge in [-0.15, -0.1) is 0 Å². The number of rotatable bonds is 6. The number of nitrogens with zero attached hydrogens (tertiary/aromatic N) is 1. The first-order valence-corrected chi connectivity index (χ1v) is 7.81. The number of carboxylic acids is 1. The lowest BCUT2D eigenvalue weighted by Crippen LogP contribution is -2.36. The number of amides is 1. The Balaban J connectivity index is 3.23. The topological polar surface area (TPSA) is 104 Å². The van der Waals surface area contributed by atoms with Crippen molar-refractivity contribution in [2.75, 3.05) is 24.1 Å². The fraction of sp³-hybridized carbons (Fsp3) is 0.333. The van der Waals surface area contributed by atoms with Crippen molar-refractivity contribution >= 4 is 27.6 Å². The second-order valence-corrected chi connectivity index (χ2v) is 6.03. The van der Waals surface area contributed by atoms with E-state index in [1.54, 1.807) is 6.92 Å². The Morgan fingerprint density at radius 2 is 2.00 bits per heavy atom. The quantitative estimate of drug-likeness (QED) is 0.805. The average molecular weight is 318 g/mol. The second kappa shape index (κ2) is 6.53. The minimum Gasteiger partial charge on any atom is -0.480 e. The van der Waals surface area contributed by atoms with Crippen LogP contribution in [0.3, 0.4) is 0 Å². The molecule has 0 spiro atoms. The maximum Gasteiger partial charge on any atom is 0.323 e. The molecular weight excluding hydrogens is 303 g/mol. The van der Waals surface area contributed by atoms with Crippen molar-refractivity contribution in [1.82, 2.24) is 4.90 Å². The lowest BCUT2D eigenvalue weighted by atomic mass is 10.1. The summed E-state index contributed by atoms with van der Waals surface area (Å²) in [6.45, 7) is 1.08. The Morgan fingerprint density at radius 1 is 1.38 bits per heavy atom. The molecular formula is C12H15FN2O5S. The fourth-order valence-electron chi connectivity index (χ4n) is 1.64. The maximum atomic E-state index is 13.3. The lowest BCUT2D eigenvalue weighted by Gasteiger charge is -2.20. The summed E-state index contributed by atoms with van der Waals surface area (Å²) in [5.74, 6) is -2.73. The molecule has 116 valence electrons. The number of anilines is 1. The van der Waals surface area contributed by atoms with Crippen LogP contribution in [0.15, 0.2) is 18.2 Å². The molecule has 0 heterocycles. The third-order valence-corrected chi connectivity index (χ3v) is 3.09. The van der Waals surface area contributed by atoms with E-state index in [-0.39, 0.29) is 17.8 Å². The highest BCUT2D eigenvalue weighted by Crippen LogP contribution is 2.20. The van der Waals surface area contributed by atoms with Crippen molar-refractivity contribution in [2.45, 2.75) is 6.92 Å². The molecule has 0 atom stereocenters. The Bertz CT molecular complexity index is 660. The highest BCUT2D eigenvalue weighted by molar-refractivity contribution is 7.92. The van der Waals surface area contributed by atoms with Gasteiger partial charge in [0.05, 0.1) is 17.5 Å². The number of sulfonamides is 1. The van der Waals surface area contributed by atoms with Crippen LogP contribution >= 0.6 is 0 Å². The van der Waals surface area contributed by atoms with E-state index in [9.17, 15) is 22.4 Å².